The number of hydrazone groups is 1. The predicted octanol–water partition coefficient (Wildman–Crippen LogP) is 0.636. The summed E-state index contributed by atoms with van der Waals surface area (Å²) in [5, 5.41) is 3.55. The summed E-state index contributed by atoms with van der Waals surface area (Å²) in [6, 6.07) is 0. The van der Waals surface area contributed by atoms with E-state index in [9.17, 15) is 4.79 Å². The number of rotatable bonds is 0. The van der Waals surface area contributed by atoms with Crippen molar-refractivity contribution in [1.29, 1.82) is 0 Å². The molecule has 0 bridgehead atoms. The second-order valence-corrected chi connectivity index (χ2v) is 1.50. The number of amides is 1. The predicted molar refractivity (Wildman–Crippen MR) is 42.2 cm³/mol. The summed E-state index contributed by atoms with van der Waals surface area (Å²) in [5.41, 5.74) is 2.28. The second kappa shape index (κ2) is 4.76. The summed E-state index contributed by atoms with van der Waals surface area (Å²) < 4.78 is 0. The Hall–Kier alpha value is -1.09. The third-order valence-electron chi connectivity index (χ3n) is 0.805. The van der Waals surface area contributed by atoms with Gasteiger partial charge >= 0.3 is 0 Å². The lowest BCUT2D eigenvalue weighted by Gasteiger charge is -1.90. The lowest BCUT2D eigenvalue weighted by atomic mass is 10.4. The van der Waals surface area contributed by atoms with Crippen molar-refractivity contribution in [3.8, 4) is 0 Å². The Morgan fingerprint density at radius 1 is 1.30 bits per heavy atom. The third-order valence-corrected chi connectivity index (χ3v) is 0.805. The molecule has 0 aromatic rings. The largest absolute Gasteiger partial charge is 0.268 e. The molecule has 1 aliphatic rings. The first-order chi connectivity index (χ1) is 4.39. The van der Waals surface area contributed by atoms with E-state index in [2.05, 4.69) is 10.5 Å². The van der Waals surface area contributed by atoms with Gasteiger partial charge in [-0.25, -0.2) is 5.43 Å². The molecule has 1 rings (SSSR count). The number of nitrogens with zero attached hydrogens (tertiary/aromatic N) is 1. The van der Waals surface area contributed by atoms with Crippen LogP contribution in [0.15, 0.2) is 29.4 Å². The number of halogens is 1. The quantitative estimate of drug-likeness (QED) is 0.552. The monoisotopic (exact) mass is 158 g/mol. The van der Waals surface area contributed by atoms with Crippen molar-refractivity contribution >= 4 is 24.5 Å². The molecule has 0 saturated carbocycles. The van der Waals surface area contributed by atoms with Crippen molar-refractivity contribution in [2.75, 3.05) is 0 Å². The van der Waals surface area contributed by atoms with Crippen molar-refractivity contribution in [2.24, 2.45) is 5.10 Å². The summed E-state index contributed by atoms with van der Waals surface area (Å²) in [5.74, 6) is -0.199. The van der Waals surface area contributed by atoms with Gasteiger partial charge in [0, 0.05) is 12.3 Å². The molecule has 0 fully saturated rings. The maximum absolute atomic E-state index is 10.5. The van der Waals surface area contributed by atoms with E-state index in [-0.39, 0.29) is 18.3 Å². The summed E-state index contributed by atoms with van der Waals surface area (Å²) in [6.07, 6.45) is 8.05. The van der Waals surface area contributed by atoms with Crippen molar-refractivity contribution < 1.29 is 4.79 Å². The van der Waals surface area contributed by atoms with Gasteiger partial charge in [0.15, 0.2) is 0 Å². The molecule has 1 aliphatic heterocycles. The highest BCUT2D eigenvalue weighted by Gasteiger charge is 1.88. The fourth-order valence-electron chi connectivity index (χ4n) is 0.438. The smallest absolute Gasteiger partial charge is 0.264 e. The summed E-state index contributed by atoms with van der Waals surface area (Å²) in [7, 11) is 0. The minimum Gasteiger partial charge on any atom is -0.268 e. The average molecular weight is 159 g/mol. The van der Waals surface area contributed by atoms with Crippen molar-refractivity contribution in [3.63, 3.8) is 0 Å². The molecule has 54 valence electrons. The number of carbonyl (C=O) groups excluding carboxylic acids is 1. The molecule has 0 saturated heterocycles. The molecule has 0 unspecified atom stereocenters. The van der Waals surface area contributed by atoms with Gasteiger partial charge in [0.05, 0.1) is 0 Å². The van der Waals surface area contributed by atoms with E-state index in [1.807, 2.05) is 0 Å². The fourth-order valence-corrected chi connectivity index (χ4v) is 0.438. The molecule has 4 heteroatoms. The van der Waals surface area contributed by atoms with E-state index in [0.717, 1.165) is 0 Å². The van der Waals surface area contributed by atoms with Crippen LogP contribution in [0.2, 0.25) is 0 Å². The van der Waals surface area contributed by atoms with Gasteiger partial charge in [-0.2, -0.15) is 5.10 Å². The van der Waals surface area contributed by atoms with E-state index in [0.29, 0.717) is 0 Å². The van der Waals surface area contributed by atoms with Crippen molar-refractivity contribution in [1.82, 2.24) is 5.43 Å². The zero-order valence-corrected chi connectivity index (χ0v) is 5.97. The Kier molecular flexibility index (Phi) is 4.24. The molecule has 0 aromatic heterocycles. The highest BCUT2D eigenvalue weighted by Crippen LogP contribution is 1.79. The van der Waals surface area contributed by atoms with Crippen LogP contribution in [0, 0.1) is 0 Å². The number of allylic oxidation sites excluding steroid dienone is 3. The molecule has 1 N–H and O–H groups in total. The van der Waals surface area contributed by atoms with E-state index >= 15 is 0 Å². The van der Waals surface area contributed by atoms with E-state index in [4.69, 9.17) is 0 Å². The highest BCUT2D eigenvalue weighted by atomic mass is 35.5. The molecule has 0 aromatic carbocycles. The Labute approximate surface area is 64.9 Å². The van der Waals surface area contributed by atoms with Crippen LogP contribution in [-0.4, -0.2) is 12.1 Å². The Balaban J connectivity index is 0.000000810. The number of carbonyl (C=O) groups is 1. The first kappa shape index (κ1) is 8.91. The van der Waals surface area contributed by atoms with E-state index in [1.165, 1.54) is 12.3 Å². The van der Waals surface area contributed by atoms with E-state index in [1.54, 1.807) is 18.2 Å². The zero-order chi connectivity index (χ0) is 6.53. The van der Waals surface area contributed by atoms with Gasteiger partial charge in [-0.15, -0.1) is 12.4 Å². The highest BCUT2D eigenvalue weighted by molar-refractivity contribution is 5.89. The average Bonchev–Trinajstić information content (AvgIpc) is 1.79. The fraction of sp³-hybridized carbons (Fsp3) is 0. The van der Waals surface area contributed by atoms with E-state index < -0.39 is 0 Å². The molecule has 10 heavy (non-hydrogen) atoms. The van der Waals surface area contributed by atoms with Gasteiger partial charge in [0.25, 0.3) is 5.91 Å². The van der Waals surface area contributed by atoms with Crippen molar-refractivity contribution in [2.45, 2.75) is 0 Å². The van der Waals surface area contributed by atoms with Crippen LogP contribution in [0.25, 0.3) is 0 Å². The zero-order valence-electron chi connectivity index (χ0n) is 5.15. The number of hydrogen-bond donors (Lipinski definition) is 1. The normalized spacial score (nSPS) is 15.0. The summed E-state index contributed by atoms with van der Waals surface area (Å²) in [6.45, 7) is 0. The standard InChI is InChI=1S/C6H6N2O.ClH/c9-6-4-2-1-3-5-7-8-6;/h1-5H,(H,8,9);1H. The van der Waals surface area contributed by atoms with Crippen LogP contribution in [0.4, 0.5) is 0 Å². The van der Waals surface area contributed by atoms with Crippen LogP contribution in [0.1, 0.15) is 0 Å². The first-order valence-corrected chi connectivity index (χ1v) is 2.56. The van der Waals surface area contributed by atoms with Gasteiger partial charge in [-0.3, -0.25) is 4.79 Å². The molecule has 1 amide bonds. The molecule has 0 aliphatic carbocycles. The van der Waals surface area contributed by atoms with Crippen molar-refractivity contribution in [3.05, 3.63) is 24.3 Å². The first-order valence-electron chi connectivity index (χ1n) is 2.56. The van der Waals surface area contributed by atoms with Gasteiger partial charge in [0.1, 0.15) is 0 Å². The summed E-state index contributed by atoms with van der Waals surface area (Å²) in [4.78, 5) is 10.5. The van der Waals surface area contributed by atoms with Crippen LogP contribution >= 0.6 is 12.4 Å². The lowest BCUT2D eigenvalue weighted by Crippen LogP contribution is -2.14. The molecular weight excluding hydrogens is 152 g/mol. The van der Waals surface area contributed by atoms with Gasteiger partial charge < -0.3 is 0 Å². The second-order valence-electron chi connectivity index (χ2n) is 1.50. The lowest BCUT2D eigenvalue weighted by molar-refractivity contribution is -0.116. The minimum atomic E-state index is -0.199. The maximum atomic E-state index is 10.5. The Bertz CT molecular complexity index is 196. The van der Waals surface area contributed by atoms with Crippen LogP contribution in [0.3, 0.4) is 0 Å². The van der Waals surface area contributed by atoms with Crippen LogP contribution in [-0.2, 0) is 4.79 Å². The van der Waals surface area contributed by atoms with Gasteiger partial charge in [-0.05, 0) is 6.08 Å². The number of hydrogen-bond acceptors (Lipinski definition) is 2. The molecule has 0 radical (unpaired) electrons. The van der Waals surface area contributed by atoms with Gasteiger partial charge in [-0.1, -0.05) is 12.2 Å². The molecule has 3 nitrogen and oxygen atoms in total. The topological polar surface area (TPSA) is 41.5 Å². The van der Waals surface area contributed by atoms with Gasteiger partial charge in [0.2, 0.25) is 0 Å². The molecule has 1 heterocycles. The Morgan fingerprint density at radius 2 is 2.10 bits per heavy atom. The minimum absolute atomic E-state index is 0. The molecule has 0 spiro atoms. The maximum Gasteiger partial charge on any atom is 0.264 e. The molecular formula is C6H7ClN2O. The number of nitrogens with one attached hydrogen (secondary N) is 1. The Morgan fingerprint density at radius 3 is 2.90 bits per heavy atom. The van der Waals surface area contributed by atoms with Crippen LogP contribution in [0.5, 0.6) is 0 Å². The van der Waals surface area contributed by atoms with Crippen LogP contribution < -0.4 is 5.43 Å². The SMILES string of the molecule is Cl.O=C1C=CC=CC=NN1. The summed E-state index contributed by atoms with van der Waals surface area (Å²) >= 11 is 0. The molecule has 0 atom stereocenters. The third kappa shape index (κ3) is 3.04.